The van der Waals surface area contributed by atoms with Gasteiger partial charge in [0.2, 0.25) is 0 Å². The van der Waals surface area contributed by atoms with Crippen molar-refractivity contribution in [3.63, 3.8) is 0 Å². The highest BCUT2D eigenvalue weighted by molar-refractivity contribution is 5.86. The van der Waals surface area contributed by atoms with Gasteiger partial charge in [-0.15, -0.1) is 0 Å². The van der Waals surface area contributed by atoms with Crippen molar-refractivity contribution in [2.45, 2.75) is 0 Å². The quantitative estimate of drug-likeness (QED) is 0.562. The third kappa shape index (κ3) is 1.29. The Morgan fingerprint density at radius 3 is 2.07 bits per heavy atom. The first kappa shape index (κ1) is 8.17. The molecule has 0 aliphatic heterocycles. The molecule has 0 radical (unpaired) electrons. The lowest BCUT2D eigenvalue weighted by Gasteiger charge is -2.00. The van der Waals surface area contributed by atoms with Crippen molar-refractivity contribution in [1.29, 1.82) is 0 Å². The summed E-state index contributed by atoms with van der Waals surface area (Å²) in [6.07, 6.45) is 0. The molecular weight excluding hydrogens is 188 g/mol. The van der Waals surface area contributed by atoms with E-state index in [0.717, 1.165) is 16.6 Å². The number of aromatic hydroxyl groups is 1. The molecule has 2 aromatic carbocycles. The predicted octanol–water partition coefficient (Wildman–Crippen LogP) is 2.49. The van der Waals surface area contributed by atoms with Crippen molar-refractivity contribution in [2.24, 2.45) is 0 Å². The average molecular weight is 196 g/mol. The number of hydrogen-bond donors (Lipinski definition) is 1. The molecule has 0 saturated carbocycles. The van der Waals surface area contributed by atoms with Gasteiger partial charge in [-0.2, -0.15) is 0 Å². The normalized spacial score (nSPS) is 10.9. The van der Waals surface area contributed by atoms with E-state index in [1.807, 2.05) is 24.3 Å². The van der Waals surface area contributed by atoms with Gasteiger partial charge in [-0.1, -0.05) is 12.1 Å². The molecule has 0 saturated heterocycles. The second kappa shape index (κ2) is 2.92. The molecule has 0 fully saturated rings. The van der Waals surface area contributed by atoms with Crippen molar-refractivity contribution < 1.29 is 5.11 Å². The number of fused-ring (bicyclic) bond motifs is 2. The van der Waals surface area contributed by atoms with E-state index in [4.69, 9.17) is 0 Å². The van der Waals surface area contributed by atoms with Crippen LogP contribution in [0.25, 0.3) is 22.1 Å². The molecule has 0 atom stereocenters. The molecule has 0 unspecified atom stereocenters. The lowest BCUT2D eigenvalue weighted by Crippen LogP contribution is -1.86. The minimum absolute atomic E-state index is 0.215. The summed E-state index contributed by atoms with van der Waals surface area (Å²) >= 11 is 0. The Kier molecular flexibility index (Phi) is 1.59. The molecule has 72 valence electrons. The van der Waals surface area contributed by atoms with Crippen LogP contribution >= 0.6 is 0 Å². The number of hydrogen-bond acceptors (Lipinski definition) is 3. The van der Waals surface area contributed by atoms with Crippen molar-refractivity contribution in [2.75, 3.05) is 0 Å². The summed E-state index contributed by atoms with van der Waals surface area (Å²) < 4.78 is 0. The number of phenols is 1. The largest absolute Gasteiger partial charge is 0.508 e. The molecule has 3 heteroatoms. The number of aromatic nitrogens is 2. The second-order valence-corrected chi connectivity index (χ2v) is 3.39. The second-order valence-electron chi connectivity index (χ2n) is 3.39. The summed E-state index contributed by atoms with van der Waals surface area (Å²) in [7, 11) is 0. The fraction of sp³-hybridized carbons (Fsp3) is 0. The summed E-state index contributed by atoms with van der Waals surface area (Å²) in [6, 6.07) is 12.7. The third-order valence-electron chi connectivity index (χ3n) is 2.32. The van der Waals surface area contributed by atoms with Crippen molar-refractivity contribution in [3.8, 4) is 5.75 Å². The first-order valence-corrected chi connectivity index (χ1v) is 4.68. The van der Waals surface area contributed by atoms with Crippen LogP contribution in [0.3, 0.4) is 0 Å². The molecule has 1 N–H and O–H groups in total. The minimum atomic E-state index is 0.215. The molecule has 0 bridgehead atoms. The number of rotatable bonds is 0. The Morgan fingerprint density at radius 1 is 0.733 bits per heavy atom. The average Bonchev–Trinajstić information content (AvgIpc) is 2.26. The van der Waals surface area contributed by atoms with Crippen molar-refractivity contribution in [3.05, 3.63) is 42.5 Å². The van der Waals surface area contributed by atoms with Gasteiger partial charge in [0.15, 0.2) is 0 Å². The molecule has 1 heterocycles. The first-order valence-electron chi connectivity index (χ1n) is 4.68. The highest BCUT2D eigenvalue weighted by Gasteiger charge is 2.00. The molecule has 3 aromatic rings. The monoisotopic (exact) mass is 196 g/mol. The third-order valence-corrected chi connectivity index (χ3v) is 2.32. The predicted molar refractivity (Wildman–Crippen MR) is 58.7 cm³/mol. The van der Waals surface area contributed by atoms with Crippen LogP contribution in [0.15, 0.2) is 42.5 Å². The van der Waals surface area contributed by atoms with Crippen LogP contribution in [0.4, 0.5) is 0 Å². The van der Waals surface area contributed by atoms with Crippen LogP contribution in [-0.4, -0.2) is 15.1 Å². The van der Waals surface area contributed by atoms with Crippen LogP contribution < -0.4 is 0 Å². The van der Waals surface area contributed by atoms with E-state index >= 15 is 0 Å². The Labute approximate surface area is 86.0 Å². The van der Waals surface area contributed by atoms with E-state index in [-0.39, 0.29) is 5.75 Å². The molecule has 0 aliphatic carbocycles. The zero-order valence-electron chi connectivity index (χ0n) is 7.88. The maximum Gasteiger partial charge on any atom is 0.117 e. The van der Waals surface area contributed by atoms with E-state index < -0.39 is 0 Å². The topological polar surface area (TPSA) is 46.0 Å². The molecule has 1 aromatic heterocycles. The van der Waals surface area contributed by atoms with Gasteiger partial charge in [0, 0.05) is 6.07 Å². The number of phenolic OH excluding ortho intramolecular Hbond substituents is 1. The SMILES string of the molecule is Oc1ccc2nc3ccccc3nc2c1. The Morgan fingerprint density at radius 2 is 1.33 bits per heavy atom. The van der Waals surface area contributed by atoms with E-state index in [1.54, 1.807) is 18.2 Å². The van der Waals surface area contributed by atoms with E-state index in [0.29, 0.717) is 5.52 Å². The van der Waals surface area contributed by atoms with Gasteiger partial charge in [0.1, 0.15) is 5.75 Å². The lowest BCUT2D eigenvalue weighted by atomic mass is 10.2. The molecule has 0 amide bonds. The standard InChI is InChI=1S/C12H8N2O/c15-8-5-6-11-12(7-8)14-10-4-2-1-3-9(10)13-11/h1-7,15H. The molecule has 3 nitrogen and oxygen atoms in total. The first-order chi connectivity index (χ1) is 7.33. The van der Waals surface area contributed by atoms with Gasteiger partial charge in [-0.25, -0.2) is 9.97 Å². The highest BCUT2D eigenvalue weighted by Crippen LogP contribution is 2.19. The Balaban J connectivity index is 2.47. The van der Waals surface area contributed by atoms with Gasteiger partial charge in [0.25, 0.3) is 0 Å². The Hall–Kier alpha value is -2.16. The fourth-order valence-corrected chi connectivity index (χ4v) is 1.61. The lowest BCUT2D eigenvalue weighted by molar-refractivity contribution is 0.476. The van der Waals surface area contributed by atoms with Crippen LogP contribution in [0.5, 0.6) is 5.75 Å². The smallest absolute Gasteiger partial charge is 0.117 e. The van der Waals surface area contributed by atoms with E-state index in [9.17, 15) is 5.11 Å². The van der Waals surface area contributed by atoms with Crippen molar-refractivity contribution >= 4 is 22.1 Å². The molecule has 0 spiro atoms. The zero-order valence-corrected chi connectivity index (χ0v) is 7.88. The van der Waals surface area contributed by atoms with Crippen LogP contribution in [0, 0.1) is 0 Å². The fourth-order valence-electron chi connectivity index (χ4n) is 1.61. The molecule has 3 rings (SSSR count). The summed E-state index contributed by atoms with van der Waals surface area (Å²) in [4.78, 5) is 8.86. The number of para-hydroxylation sites is 2. The van der Waals surface area contributed by atoms with Gasteiger partial charge < -0.3 is 5.11 Å². The van der Waals surface area contributed by atoms with Gasteiger partial charge in [0.05, 0.1) is 22.1 Å². The number of benzene rings is 2. The minimum Gasteiger partial charge on any atom is -0.508 e. The van der Waals surface area contributed by atoms with Crippen LogP contribution in [0.2, 0.25) is 0 Å². The van der Waals surface area contributed by atoms with Crippen LogP contribution in [-0.2, 0) is 0 Å². The molecular formula is C12H8N2O. The summed E-state index contributed by atoms with van der Waals surface area (Å²) in [6.45, 7) is 0. The summed E-state index contributed by atoms with van der Waals surface area (Å²) in [5, 5.41) is 9.33. The summed E-state index contributed by atoms with van der Waals surface area (Å²) in [5.41, 5.74) is 3.23. The maximum atomic E-state index is 9.33. The highest BCUT2D eigenvalue weighted by atomic mass is 16.3. The number of nitrogens with zero attached hydrogens (tertiary/aromatic N) is 2. The van der Waals surface area contributed by atoms with Crippen molar-refractivity contribution in [1.82, 2.24) is 9.97 Å². The van der Waals surface area contributed by atoms with E-state index in [1.165, 1.54) is 0 Å². The summed E-state index contributed by atoms with van der Waals surface area (Å²) in [5.74, 6) is 0.215. The van der Waals surface area contributed by atoms with Crippen LogP contribution in [0.1, 0.15) is 0 Å². The molecule has 15 heavy (non-hydrogen) atoms. The zero-order chi connectivity index (χ0) is 10.3. The van der Waals surface area contributed by atoms with Gasteiger partial charge >= 0.3 is 0 Å². The Bertz CT molecular complexity index is 649. The maximum absolute atomic E-state index is 9.33. The van der Waals surface area contributed by atoms with E-state index in [2.05, 4.69) is 9.97 Å². The van der Waals surface area contributed by atoms with Gasteiger partial charge in [-0.05, 0) is 24.3 Å². The van der Waals surface area contributed by atoms with Gasteiger partial charge in [-0.3, -0.25) is 0 Å². The molecule has 0 aliphatic rings.